The number of aryl methyl sites for hydroxylation is 1. The Morgan fingerprint density at radius 3 is 2.28 bits per heavy atom. The number of allylic oxidation sites excluding steroid dienone is 5. The van der Waals surface area contributed by atoms with Crippen LogP contribution < -0.4 is 4.90 Å². The zero-order chi connectivity index (χ0) is 27.7. The van der Waals surface area contributed by atoms with Crippen LogP contribution in [0, 0.1) is 5.92 Å². The Morgan fingerprint density at radius 2 is 1.75 bits per heavy atom. The molecule has 0 unspecified atom stereocenters. The average molecular weight is 528 g/mol. The first-order valence-electron chi connectivity index (χ1n) is 12.7. The van der Waals surface area contributed by atoms with Crippen molar-refractivity contribution in [1.29, 1.82) is 0 Å². The minimum Gasteiger partial charge on any atom is -0.377 e. The van der Waals surface area contributed by atoms with E-state index in [0.717, 1.165) is 35.3 Å². The molecule has 0 fully saturated rings. The molecule has 0 saturated carbocycles. The summed E-state index contributed by atoms with van der Waals surface area (Å²) < 4.78 is 0. The Morgan fingerprint density at radius 1 is 1.11 bits per heavy atom. The van der Waals surface area contributed by atoms with Gasteiger partial charge in [-0.1, -0.05) is 102 Å². The first-order chi connectivity index (χ1) is 17.3. The molecule has 0 spiro atoms. The van der Waals surface area contributed by atoms with Crippen LogP contribution in [0.15, 0.2) is 72.8 Å². The Bertz CT molecular complexity index is 1090. The first kappa shape index (κ1) is 33.6. The summed E-state index contributed by atoms with van der Waals surface area (Å²) in [5.74, 6) is 1.27. The smallest absolute Gasteiger partial charge is 0.134 e. The number of halogens is 1. The van der Waals surface area contributed by atoms with Crippen LogP contribution in [0.2, 0.25) is 5.02 Å². The Hall–Kier alpha value is -2.43. The standard InChI is InChI=1S/C18H21ClN2.C10H15N.C2H6.CH4S/c1-5-13(4)7-6-8-15(12(2)3)18-20-16-10-9-14(19)11-17(16)21-18;1-4-9-7-5-6-8-10(9)11(2)3;2*1-2/h6-12H,4-5H2,1-3H3,(H,20,21);5-8H,4H2,1-3H3;1-2H3;2H,1H3/b7-6-,15-8+;;;. The lowest BCUT2D eigenvalue weighted by molar-refractivity contribution is 0.844. The number of nitrogens with one attached hydrogen (secondary N) is 1. The van der Waals surface area contributed by atoms with Crippen molar-refractivity contribution < 1.29 is 0 Å². The number of hydrogen-bond acceptors (Lipinski definition) is 3. The van der Waals surface area contributed by atoms with Gasteiger partial charge in [-0.25, -0.2) is 4.98 Å². The highest BCUT2D eigenvalue weighted by Gasteiger charge is 2.11. The van der Waals surface area contributed by atoms with Gasteiger partial charge in [-0.05, 0) is 60.4 Å². The van der Waals surface area contributed by atoms with Gasteiger partial charge in [0.2, 0.25) is 0 Å². The second kappa shape index (κ2) is 18.8. The lowest BCUT2D eigenvalue weighted by Gasteiger charge is -2.15. The number of hydrogen-bond donors (Lipinski definition) is 2. The number of benzene rings is 2. The van der Waals surface area contributed by atoms with Crippen LogP contribution in [-0.4, -0.2) is 30.3 Å². The highest BCUT2D eigenvalue weighted by molar-refractivity contribution is 7.79. The number of aromatic nitrogens is 2. The molecule has 0 atom stereocenters. The summed E-state index contributed by atoms with van der Waals surface area (Å²) in [4.78, 5) is 10.2. The molecule has 3 rings (SSSR count). The highest BCUT2D eigenvalue weighted by Crippen LogP contribution is 2.25. The van der Waals surface area contributed by atoms with Gasteiger partial charge in [0, 0.05) is 24.8 Å². The highest BCUT2D eigenvalue weighted by atomic mass is 35.5. The molecule has 0 aliphatic rings. The summed E-state index contributed by atoms with van der Waals surface area (Å²) in [6.07, 6.45) is 9.95. The fraction of sp³-hybridized carbons (Fsp3) is 0.387. The molecule has 0 radical (unpaired) electrons. The van der Waals surface area contributed by atoms with E-state index in [1.165, 1.54) is 16.8 Å². The van der Waals surface area contributed by atoms with Crippen LogP contribution in [0.1, 0.15) is 59.4 Å². The molecule has 3 nitrogen and oxygen atoms in total. The van der Waals surface area contributed by atoms with Crippen LogP contribution in [0.3, 0.4) is 0 Å². The van der Waals surface area contributed by atoms with Gasteiger partial charge in [0.1, 0.15) is 5.82 Å². The fourth-order valence-electron chi connectivity index (χ4n) is 3.32. The molecule has 5 heteroatoms. The van der Waals surface area contributed by atoms with E-state index in [9.17, 15) is 0 Å². The van der Waals surface area contributed by atoms with Crippen molar-refractivity contribution in [2.75, 3.05) is 25.3 Å². The number of rotatable bonds is 7. The predicted octanol–water partition coefficient (Wildman–Crippen LogP) is 9.67. The molecule has 0 aliphatic heterocycles. The summed E-state index contributed by atoms with van der Waals surface area (Å²) in [6.45, 7) is 16.6. The molecule has 1 N–H and O–H groups in total. The van der Waals surface area contributed by atoms with E-state index in [-0.39, 0.29) is 0 Å². The topological polar surface area (TPSA) is 31.9 Å². The predicted molar refractivity (Wildman–Crippen MR) is 169 cm³/mol. The lowest BCUT2D eigenvalue weighted by atomic mass is 10.0. The van der Waals surface area contributed by atoms with E-state index in [1.54, 1.807) is 6.26 Å². The van der Waals surface area contributed by atoms with Crippen molar-refractivity contribution in [1.82, 2.24) is 9.97 Å². The van der Waals surface area contributed by atoms with E-state index in [4.69, 9.17) is 11.6 Å². The quantitative estimate of drug-likeness (QED) is 0.236. The maximum absolute atomic E-state index is 6.02. The molecule has 1 heterocycles. The summed E-state index contributed by atoms with van der Waals surface area (Å²) in [6, 6.07) is 14.2. The second-order valence-corrected chi connectivity index (χ2v) is 8.71. The van der Waals surface area contributed by atoms with Gasteiger partial charge >= 0.3 is 0 Å². The van der Waals surface area contributed by atoms with Crippen molar-refractivity contribution >= 4 is 46.5 Å². The van der Waals surface area contributed by atoms with Gasteiger partial charge < -0.3 is 9.88 Å². The van der Waals surface area contributed by atoms with E-state index < -0.39 is 0 Å². The number of fused-ring (bicyclic) bond motifs is 1. The van der Waals surface area contributed by atoms with Crippen molar-refractivity contribution in [3.63, 3.8) is 0 Å². The monoisotopic (exact) mass is 527 g/mol. The van der Waals surface area contributed by atoms with Gasteiger partial charge in [0.15, 0.2) is 0 Å². The Labute approximate surface area is 230 Å². The molecule has 0 aliphatic carbocycles. The minimum atomic E-state index is 0.376. The van der Waals surface area contributed by atoms with Crippen molar-refractivity contribution in [2.24, 2.45) is 5.92 Å². The van der Waals surface area contributed by atoms with Crippen LogP contribution in [0.25, 0.3) is 16.6 Å². The van der Waals surface area contributed by atoms with Crippen LogP contribution >= 0.6 is 24.2 Å². The molecule has 0 saturated heterocycles. The van der Waals surface area contributed by atoms with Crippen molar-refractivity contribution in [3.8, 4) is 0 Å². The average Bonchev–Trinajstić information content (AvgIpc) is 3.31. The number of nitrogens with zero attached hydrogens (tertiary/aromatic N) is 2. The largest absolute Gasteiger partial charge is 0.377 e. The third-order valence-corrected chi connectivity index (χ3v) is 5.49. The molecule has 0 bridgehead atoms. The third kappa shape index (κ3) is 11.1. The fourth-order valence-corrected chi connectivity index (χ4v) is 3.49. The van der Waals surface area contributed by atoms with Gasteiger partial charge in [-0.2, -0.15) is 12.6 Å². The molecule has 2 aromatic carbocycles. The number of anilines is 1. The molecule has 0 amide bonds. The van der Waals surface area contributed by atoms with E-state index in [0.29, 0.717) is 10.9 Å². The van der Waals surface area contributed by atoms with Crippen LogP contribution in [-0.2, 0) is 6.42 Å². The SMILES string of the molecule is C=C(/C=C\C=C(\c1nc2ccc(Cl)cc2[nH]1)C(C)C)CC.CC.CCc1ccccc1N(C)C.CS. The minimum absolute atomic E-state index is 0.376. The molecule has 1 aromatic heterocycles. The zero-order valence-corrected chi connectivity index (χ0v) is 25.3. The number of H-pyrrole nitrogens is 1. The van der Waals surface area contributed by atoms with Gasteiger partial charge in [0.05, 0.1) is 11.0 Å². The number of thiol groups is 1. The van der Waals surface area contributed by atoms with E-state index in [2.05, 4.69) is 106 Å². The van der Waals surface area contributed by atoms with Crippen LogP contribution in [0.4, 0.5) is 5.69 Å². The maximum Gasteiger partial charge on any atom is 0.134 e. The van der Waals surface area contributed by atoms with Gasteiger partial charge in [0.25, 0.3) is 0 Å². The second-order valence-electron chi connectivity index (χ2n) is 8.27. The maximum atomic E-state index is 6.02. The Kier molecular flexibility index (Phi) is 17.5. The van der Waals surface area contributed by atoms with Crippen LogP contribution in [0.5, 0.6) is 0 Å². The molecular weight excluding hydrogens is 482 g/mol. The third-order valence-electron chi connectivity index (χ3n) is 5.26. The van der Waals surface area contributed by atoms with Gasteiger partial charge in [-0.3, -0.25) is 0 Å². The number of para-hydroxylation sites is 1. The van der Waals surface area contributed by atoms with Crippen molar-refractivity contribution in [3.05, 3.63) is 89.3 Å². The van der Waals surface area contributed by atoms with Gasteiger partial charge in [-0.15, -0.1) is 0 Å². The normalized spacial score (nSPS) is 10.7. The first-order valence-corrected chi connectivity index (χ1v) is 14.0. The summed E-state index contributed by atoms with van der Waals surface area (Å²) >= 11 is 9.55. The van der Waals surface area contributed by atoms with Crippen molar-refractivity contribution in [2.45, 2.75) is 54.4 Å². The molecule has 3 aromatic rings. The number of imidazole rings is 1. The van der Waals surface area contributed by atoms with E-state index >= 15 is 0 Å². The lowest BCUT2D eigenvalue weighted by Crippen LogP contribution is -2.10. The molecule has 198 valence electrons. The summed E-state index contributed by atoms with van der Waals surface area (Å²) in [5.41, 5.74) is 6.93. The molecule has 36 heavy (non-hydrogen) atoms. The Balaban J connectivity index is 0.000000688. The number of aromatic amines is 1. The zero-order valence-electron chi connectivity index (χ0n) is 23.7. The summed E-state index contributed by atoms with van der Waals surface area (Å²) in [5, 5.41) is 0.715. The molecular formula is C31H46ClN3S. The van der Waals surface area contributed by atoms with E-state index in [1.807, 2.05) is 44.2 Å². The summed E-state index contributed by atoms with van der Waals surface area (Å²) in [7, 11) is 4.16.